The van der Waals surface area contributed by atoms with E-state index in [4.69, 9.17) is 0 Å². The summed E-state index contributed by atoms with van der Waals surface area (Å²) in [5, 5.41) is 11.4. The van der Waals surface area contributed by atoms with Crippen molar-refractivity contribution in [2.45, 2.75) is 53.8 Å². The molecular formula is C15H24N6OS. The Kier molecular flexibility index (Phi) is 5.35. The second kappa shape index (κ2) is 7.08. The van der Waals surface area contributed by atoms with Crippen molar-refractivity contribution in [2.24, 2.45) is 0 Å². The maximum absolute atomic E-state index is 12.3. The lowest BCUT2D eigenvalue weighted by atomic mass is 10.2. The molecule has 0 spiro atoms. The van der Waals surface area contributed by atoms with Crippen LogP contribution in [0.15, 0.2) is 0 Å². The predicted molar refractivity (Wildman–Crippen MR) is 90.4 cm³/mol. The number of urea groups is 1. The van der Waals surface area contributed by atoms with Crippen molar-refractivity contribution >= 4 is 17.6 Å². The average Bonchev–Trinajstić information content (AvgIpc) is 3.02. The van der Waals surface area contributed by atoms with Crippen LogP contribution in [0.4, 0.5) is 4.79 Å². The van der Waals surface area contributed by atoms with E-state index in [0.29, 0.717) is 19.1 Å². The number of hydrogen-bond acceptors (Lipinski definition) is 5. The summed E-state index contributed by atoms with van der Waals surface area (Å²) in [4.78, 5) is 14.9. The number of carbonyl (C=O) groups excluding carboxylic acids is 1. The van der Waals surface area contributed by atoms with Crippen molar-refractivity contribution in [1.29, 1.82) is 0 Å². The largest absolute Gasteiger partial charge is 0.333 e. The highest BCUT2D eigenvalue weighted by Gasteiger charge is 2.17. The maximum Gasteiger partial charge on any atom is 0.317 e. The Bertz CT molecular complexity index is 690. The molecule has 0 unspecified atom stereocenters. The summed E-state index contributed by atoms with van der Waals surface area (Å²) in [5.41, 5.74) is 4.05. The van der Waals surface area contributed by atoms with Crippen molar-refractivity contribution in [3.8, 4) is 0 Å². The van der Waals surface area contributed by atoms with Gasteiger partial charge in [0, 0.05) is 24.3 Å². The smallest absolute Gasteiger partial charge is 0.317 e. The molecule has 0 aromatic carbocycles. The first kappa shape index (κ1) is 17.4. The van der Waals surface area contributed by atoms with Crippen LogP contribution in [0.1, 0.15) is 47.4 Å². The SMILES string of the molecule is Cc1nnsc1CNC(=O)N(C)Cc1c(C)nn(C(C)C)c1C. The number of aromatic nitrogens is 4. The standard InChI is InChI=1S/C15H24N6OS/c1-9(2)21-12(5)13(10(3)18-21)8-20(6)15(22)16-7-14-11(4)17-19-23-14/h9H,7-8H2,1-6H3,(H,16,22). The van der Waals surface area contributed by atoms with E-state index in [-0.39, 0.29) is 6.03 Å². The molecule has 126 valence electrons. The van der Waals surface area contributed by atoms with Crippen LogP contribution in [-0.2, 0) is 13.1 Å². The summed E-state index contributed by atoms with van der Waals surface area (Å²) in [6.07, 6.45) is 0. The number of hydrogen-bond donors (Lipinski definition) is 1. The highest BCUT2D eigenvalue weighted by Crippen LogP contribution is 2.18. The van der Waals surface area contributed by atoms with Crippen LogP contribution in [0, 0.1) is 20.8 Å². The maximum atomic E-state index is 12.3. The Morgan fingerprint density at radius 2 is 2.00 bits per heavy atom. The predicted octanol–water partition coefficient (Wildman–Crippen LogP) is 2.58. The van der Waals surface area contributed by atoms with E-state index in [0.717, 1.165) is 27.5 Å². The van der Waals surface area contributed by atoms with E-state index < -0.39 is 0 Å². The summed E-state index contributed by atoms with van der Waals surface area (Å²) in [5.74, 6) is 0. The number of amides is 2. The highest BCUT2D eigenvalue weighted by molar-refractivity contribution is 7.05. The fourth-order valence-electron chi connectivity index (χ4n) is 2.44. The fourth-order valence-corrected chi connectivity index (χ4v) is 3.01. The van der Waals surface area contributed by atoms with Crippen LogP contribution in [0.3, 0.4) is 0 Å². The minimum absolute atomic E-state index is 0.117. The molecule has 1 N–H and O–H groups in total. The zero-order valence-electron chi connectivity index (χ0n) is 14.5. The highest BCUT2D eigenvalue weighted by atomic mass is 32.1. The molecule has 2 amide bonds. The molecule has 0 aliphatic carbocycles. The Balaban J connectivity index is 2.00. The number of nitrogens with zero attached hydrogens (tertiary/aromatic N) is 5. The Labute approximate surface area is 140 Å². The van der Waals surface area contributed by atoms with E-state index >= 15 is 0 Å². The minimum Gasteiger partial charge on any atom is -0.333 e. The van der Waals surface area contributed by atoms with Crippen molar-refractivity contribution in [3.63, 3.8) is 0 Å². The van der Waals surface area contributed by atoms with Gasteiger partial charge < -0.3 is 10.2 Å². The second-order valence-electron chi connectivity index (χ2n) is 5.98. The Hall–Kier alpha value is -1.96. The Morgan fingerprint density at radius 3 is 2.52 bits per heavy atom. The van der Waals surface area contributed by atoms with Crippen LogP contribution < -0.4 is 5.32 Å². The normalized spacial score (nSPS) is 11.1. The molecule has 0 atom stereocenters. The monoisotopic (exact) mass is 336 g/mol. The quantitative estimate of drug-likeness (QED) is 0.910. The van der Waals surface area contributed by atoms with Crippen molar-refractivity contribution < 1.29 is 4.79 Å². The molecule has 2 aromatic heterocycles. The topological polar surface area (TPSA) is 75.9 Å². The van der Waals surface area contributed by atoms with Crippen molar-refractivity contribution in [3.05, 3.63) is 27.5 Å². The van der Waals surface area contributed by atoms with Gasteiger partial charge in [-0.05, 0) is 46.2 Å². The molecule has 0 bridgehead atoms. The summed E-state index contributed by atoms with van der Waals surface area (Å²) in [7, 11) is 1.79. The third-order valence-electron chi connectivity index (χ3n) is 3.85. The van der Waals surface area contributed by atoms with Crippen LogP contribution >= 0.6 is 11.5 Å². The molecular weight excluding hydrogens is 312 g/mol. The first-order chi connectivity index (χ1) is 10.8. The molecule has 0 aliphatic heterocycles. The molecule has 7 nitrogen and oxygen atoms in total. The van der Waals surface area contributed by atoms with Crippen LogP contribution in [0.25, 0.3) is 0 Å². The van der Waals surface area contributed by atoms with Gasteiger partial charge in [0.1, 0.15) is 0 Å². The minimum atomic E-state index is -0.117. The van der Waals surface area contributed by atoms with Gasteiger partial charge in [-0.15, -0.1) is 5.10 Å². The van der Waals surface area contributed by atoms with Gasteiger partial charge in [-0.25, -0.2) is 4.79 Å². The van der Waals surface area contributed by atoms with Gasteiger partial charge in [0.25, 0.3) is 0 Å². The van der Waals surface area contributed by atoms with Gasteiger partial charge in [-0.3, -0.25) is 4.68 Å². The summed E-state index contributed by atoms with van der Waals surface area (Å²) in [6, 6.07) is 0.192. The van der Waals surface area contributed by atoms with Gasteiger partial charge in [0.15, 0.2) is 0 Å². The second-order valence-corrected chi connectivity index (χ2v) is 6.82. The van der Waals surface area contributed by atoms with Gasteiger partial charge in [0.2, 0.25) is 0 Å². The number of nitrogens with one attached hydrogen (secondary N) is 1. The first-order valence-electron chi connectivity index (χ1n) is 7.62. The average molecular weight is 336 g/mol. The fraction of sp³-hybridized carbons (Fsp3) is 0.600. The van der Waals surface area contributed by atoms with Gasteiger partial charge in [-0.2, -0.15) is 5.10 Å². The van der Waals surface area contributed by atoms with E-state index in [1.54, 1.807) is 11.9 Å². The lowest BCUT2D eigenvalue weighted by molar-refractivity contribution is 0.206. The van der Waals surface area contributed by atoms with E-state index in [2.05, 4.69) is 33.8 Å². The molecule has 8 heteroatoms. The third-order valence-corrected chi connectivity index (χ3v) is 4.67. The third kappa shape index (κ3) is 3.87. The van der Waals surface area contributed by atoms with Gasteiger partial charge >= 0.3 is 6.03 Å². The molecule has 0 saturated carbocycles. The summed E-state index contributed by atoms with van der Waals surface area (Å²) >= 11 is 1.31. The Morgan fingerprint density at radius 1 is 1.30 bits per heavy atom. The molecule has 2 heterocycles. The zero-order chi connectivity index (χ0) is 17.1. The molecule has 0 fully saturated rings. The zero-order valence-corrected chi connectivity index (χ0v) is 15.4. The van der Waals surface area contributed by atoms with Crippen molar-refractivity contribution in [1.82, 2.24) is 29.6 Å². The van der Waals surface area contributed by atoms with Crippen LogP contribution in [0.5, 0.6) is 0 Å². The molecule has 0 radical (unpaired) electrons. The van der Waals surface area contributed by atoms with E-state index in [1.165, 1.54) is 11.5 Å². The molecule has 0 aliphatic rings. The van der Waals surface area contributed by atoms with Crippen molar-refractivity contribution in [2.75, 3.05) is 7.05 Å². The molecule has 23 heavy (non-hydrogen) atoms. The first-order valence-corrected chi connectivity index (χ1v) is 8.40. The molecule has 2 rings (SSSR count). The summed E-state index contributed by atoms with van der Waals surface area (Å²) < 4.78 is 5.87. The van der Waals surface area contributed by atoms with Gasteiger partial charge in [0.05, 0.1) is 29.4 Å². The number of rotatable bonds is 5. The van der Waals surface area contributed by atoms with E-state index in [1.807, 2.05) is 25.5 Å². The lowest BCUT2D eigenvalue weighted by Gasteiger charge is -2.18. The number of carbonyl (C=O) groups is 1. The van der Waals surface area contributed by atoms with Crippen LogP contribution in [0.2, 0.25) is 0 Å². The van der Waals surface area contributed by atoms with Gasteiger partial charge in [-0.1, -0.05) is 4.49 Å². The van der Waals surface area contributed by atoms with E-state index in [9.17, 15) is 4.79 Å². The molecule has 2 aromatic rings. The number of aryl methyl sites for hydroxylation is 2. The summed E-state index contributed by atoms with van der Waals surface area (Å²) in [6.45, 7) is 11.1. The lowest BCUT2D eigenvalue weighted by Crippen LogP contribution is -2.36. The van der Waals surface area contributed by atoms with Crippen LogP contribution in [-0.4, -0.2) is 37.3 Å². The molecule has 0 saturated heterocycles.